The highest BCUT2D eigenvalue weighted by Crippen LogP contribution is 2.29. The maximum Gasteiger partial charge on any atom is 0.451 e. The van der Waals surface area contributed by atoms with Gasteiger partial charge in [0.15, 0.2) is 0 Å². The Bertz CT molecular complexity index is 535. The summed E-state index contributed by atoms with van der Waals surface area (Å²) in [4.78, 5) is 6.42. The molecule has 0 aromatic carbocycles. The number of nitriles is 2. The first-order valence-corrected chi connectivity index (χ1v) is 5.68. The molecule has 104 valence electrons. The molecule has 1 aromatic rings. The number of halogens is 3. The van der Waals surface area contributed by atoms with Crippen LogP contribution in [-0.4, -0.2) is 9.97 Å². The number of aromatic nitrogens is 2. The molecule has 1 heterocycles. The van der Waals surface area contributed by atoms with Crippen LogP contribution in [0.25, 0.3) is 0 Å². The number of hydrogen-bond acceptors (Lipinski definition) is 4. The summed E-state index contributed by atoms with van der Waals surface area (Å²) in [5.74, 6) is -1.24. The summed E-state index contributed by atoms with van der Waals surface area (Å²) < 4.78 is 36.9. The number of alkyl halides is 3. The van der Waals surface area contributed by atoms with Crippen LogP contribution in [-0.2, 0) is 12.6 Å². The first-order chi connectivity index (χ1) is 9.37. The molecule has 4 nitrogen and oxygen atoms in total. The van der Waals surface area contributed by atoms with Crippen LogP contribution in [0.4, 0.5) is 13.2 Å². The molecular formula is C13H11F3N4. The fraction of sp³-hybridized carbons (Fsp3) is 0.385. The maximum atomic E-state index is 12.3. The Balaban J connectivity index is 2.94. The van der Waals surface area contributed by atoms with E-state index in [1.165, 1.54) is 0 Å². The minimum absolute atomic E-state index is 0.0218. The van der Waals surface area contributed by atoms with Crippen molar-refractivity contribution in [2.75, 3.05) is 0 Å². The molecule has 0 radical (unpaired) electrons. The van der Waals surface area contributed by atoms with Crippen molar-refractivity contribution in [1.29, 1.82) is 10.5 Å². The van der Waals surface area contributed by atoms with Crippen LogP contribution >= 0.6 is 0 Å². The van der Waals surface area contributed by atoms with E-state index >= 15 is 0 Å². The summed E-state index contributed by atoms with van der Waals surface area (Å²) in [5.41, 5.74) is -0.998. The van der Waals surface area contributed by atoms with Gasteiger partial charge in [0.25, 0.3) is 0 Å². The molecule has 0 atom stereocenters. The third kappa shape index (κ3) is 3.79. The van der Waals surface area contributed by atoms with E-state index in [1.807, 2.05) is 12.1 Å². The topological polar surface area (TPSA) is 73.4 Å². The van der Waals surface area contributed by atoms with E-state index in [-0.39, 0.29) is 12.8 Å². The number of hydrogen-bond donors (Lipinski definition) is 0. The lowest BCUT2D eigenvalue weighted by Gasteiger charge is -2.17. The number of nitrogens with zero attached hydrogens (tertiary/aromatic N) is 4. The summed E-state index contributed by atoms with van der Waals surface area (Å²) in [6.07, 6.45) is -0.352. The van der Waals surface area contributed by atoms with Gasteiger partial charge in [0.05, 0.1) is 12.1 Å². The third-order valence-corrected chi connectivity index (χ3v) is 2.67. The lowest BCUT2D eigenvalue weighted by Crippen LogP contribution is -2.20. The van der Waals surface area contributed by atoms with Crippen LogP contribution in [0.5, 0.6) is 0 Å². The van der Waals surface area contributed by atoms with Gasteiger partial charge in [0.2, 0.25) is 5.82 Å². The van der Waals surface area contributed by atoms with Crippen molar-refractivity contribution in [1.82, 2.24) is 9.97 Å². The average Bonchev–Trinajstić information content (AvgIpc) is 2.43. The first-order valence-electron chi connectivity index (χ1n) is 5.68. The quantitative estimate of drug-likeness (QED) is 0.777. The van der Waals surface area contributed by atoms with E-state index in [0.29, 0.717) is 12.0 Å². The van der Waals surface area contributed by atoms with Crippen LogP contribution in [0.1, 0.15) is 24.2 Å². The van der Waals surface area contributed by atoms with Crippen molar-refractivity contribution in [2.24, 2.45) is 5.41 Å². The van der Waals surface area contributed by atoms with Crippen molar-refractivity contribution in [2.45, 2.75) is 25.4 Å². The van der Waals surface area contributed by atoms with E-state index in [4.69, 9.17) is 10.5 Å². The molecule has 0 aliphatic rings. The summed E-state index contributed by atoms with van der Waals surface area (Å²) in [6.45, 7) is 3.51. The smallest absolute Gasteiger partial charge is 0.233 e. The Labute approximate surface area is 114 Å². The Kier molecular flexibility index (Phi) is 4.82. The summed E-state index contributed by atoms with van der Waals surface area (Å²) in [6, 6.07) is 3.81. The molecule has 7 heteroatoms. The van der Waals surface area contributed by atoms with Crippen LogP contribution in [0.3, 0.4) is 0 Å². The fourth-order valence-electron chi connectivity index (χ4n) is 1.59. The summed E-state index contributed by atoms with van der Waals surface area (Å²) in [7, 11) is 0. The van der Waals surface area contributed by atoms with Crippen molar-refractivity contribution in [3.63, 3.8) is 0 Å². The molecule has 1 rings (SSSR count). The molecule has 0 saturated heterocycles. The molecule has 0 N–H and O–H groups in total. The highest BCUT2D eigenvalue weighted by molar-refractivity contribution is 5.21. The Morgan fingerprint density at radius 1 is 1.20 bits per heavy atom. The molecular weight excluding hydrogens is 269 g/mol. The van der Waals surface area contributed by atoms with E-state index in [1.54, 1.807) is 6.08 Å². The van der Waals surface area contributed by atoms with E-state index in [0.717, 1.165) is 12.4 Å². The van der Waals surface area contributed by atoms with Crippen LogP contribution in [0, 0.1) is 28.1 Å². The first kappa shape index (κ1) is 15.6. The normalized spacial score (nSPS) is 11.4. The molecule has 20 heavy (non-hydrogen) atoms. The molecule has 0 unspecified atom stereocenters. The molecule has 0 aliphatic carbocycles. The maximum absolute atomic E-state index is 12.3. The van der Waals surface area contributed by atoms with Gasteiger partial charge < -0.3 is 0 Å². The predicted molar refractivity (Wildman–Crippen MR) is 63.8 cm³/mol. The highest BCUT2D eigenvalue weighted by atomic mass is 19.4. The van der Waals surface area contributed by atoms with Crippen molar-refractivity contribution in [3.05, 3.63) is 36.4 Å². The lowest BCUT2D eigenvalue weighted by atomic mass is 9.81. The Hall–Kier alpha value is -2.41. The molecule has 0 amide bonds. The largest absolute Gasteiger partial charge is 0.451 e. The minimum Gasteiger partial charge on any atom is -0.233 e. The predicted octanol–water partition coefficient (Wildman–Crippen LogP) is 3.04. The molecule has 0 saturated carbocycles. The molecule has 0 bridgehead atoms. The standard InChI is InChI=1S/C13H11F3N4/c1-2-3-4-12(8-17,9-18)5-10-6-19-11(20-7-10)13(14,15)16/h2,6-7H,1,3-5H2. The van der Waals surface area contributed by atoms with Crippen molar-refractivity contribution >= 4 is 0 Å². The number of rotatable bonds is 5. The van der Waals surface area contributed by atoms with E-state index < -0.39 is 17.4 Å². The zero-order valence-corrected chi connectivity index (χ0v) is 10.5. The summed E-state index contributed by atoms with van der Waals surface area (Å²) in [5, 5.41) is 18.2. The van der Waals surface area contributed by atoms with Gasteiger partial charge in [-0.15, -0.1) is 6.58 Å². The van der Waals surface area contributed by atoms with Crippen LogP contribution < -0.4 is 0 Å². The third-order valence-electron chi connectivity index (χ3n) is 2.67. The Morgan fingerprint density at radius 2 is 1.75 bits per heavy atom. The SMILES string of the molecule is C=CCCC(C#N)(C#N)Cc1cnc(C(F)(F)F)nc1. The highest BCUT2D eigenvalue weighted by Gasteiger charge is 2.35. The minimum atomic E-state index is -4.61. The second-order valence-electron chi connectivity index (χ2n) is 4.22. The van der Waals surface area contributed by atoms with Crippen LogP contribution in [0.2, 0.25) is 0 Å². The van der Waals surface area contributed by atoms with Crippen LogP contribution in [0.15, 0.2) is 25.0 Å². The van der Waals surface area contributed by atoms with Gasteiger partial charge in [-0.25, -0.2) is 9.97 Å². The van der Waals surface area contributed by atoms with Crippen molar-refractivity contribution < 1.29 is 13.2 Å². The van der Waals surface area contributed by atoms with Gasteiger partial charge in [0, 0.05) is 18.8 Å². The zero-order valence-electron chi connectivity index (χ0n) is 10.5. The molecule has 0 fully saturated rings. The monoisotopic (exact) mass is 280 g/mol. The van der Waals surface area contributed by atoms with Gasteiger partial charge in [-0.1, -0.05) is 6.08 Å². The number of allylic oxidation sites excluding steroid dienone is 1. The van der Waals surface area contributed by atoms with Gasteiger partial charge in [-0.3, -0.25) is 0 Å². The average molecular weight is 280 g/mol. The summed E-state index contributed by atoms with van der Waals surface area (Å²) >= 11 is 0. The molecule has 1 aromatic heterocycles. The van der Waals surface area contributed by atoms with E-state index in [9.17, 15) is 13.2 Å². The lowest BCUT2D eigenvalue weighted by molar-refractivity contribution is -0.145. The van der Waals surface area contributed by atoms with Gasteiger partial charge in [-0.2, -0.15) is 23.7 Å². The van der Waals surface area contributed by atoms with E-state index in [2.05, 4.69) is 16.5 Å². The van der Waals surface area contributed by atoms with Crippen molar-refractivity contribution in [3.8, 4) is 12.1 Å². The second kappa shape index (κ2) is 6.16. The molecule has 0 spiro atoms. The fourth-order valence-corrected chi connectivity index (χ4v) is 1.59. The zero-order chi connectivity index (χ0) is 15.2. The Morgan fingerprint density at radius 3 is 2.15 bits per heavy atom. The second-order valence-corrected chi connectivity index (χ2v) is 4.22. The van der Waals surface area contributed by atoms with Gasteiger partial charge in [-0.05, 0) is 18.4 Å². The van der Waals surface area contributed by atoms with Gasteiger partial charge in [0.1, 0.15) is 5.41 Å². The molecule has 0 aliphatic heterocycles. The van der Waals surface area contributed by atoms with Gasteiger partial charge >= 0.3 is 6.18 Å².